The summed E-state index contributed by atoms with van der Waals surface area (Å²) < 4.78 is 5.43. The van der Waals surface area contributed by atoms with Crippen LogP contribution in [0.25, 0.3) is 0 Å². The third-order valence-corrected chi connectivity index (χ3v) is 3.12. The van der Waals surface area contributed by atoms with Gasteiger partial charge in [0.1, 0.15) is 5.75 Å². The molecule has 0 aliphatic carbocycles. The molecular weight excluding hydrogens is 238 g/mol. The molecule has 2 rings (SSSR count). The summed E-state index contributed by atoms with van der Waals surface area (Å²) in [6, 6.07) is 4.04. The van der Waals surface area contributed by atoms with Crippen LogP contribution in [0.15, 0.2) is 18.2 Å². The Kier molecular flexibility index (Phi) is 2.65. The van der Waals surface area contributed by atoms with Crippen molar-refractivity contribution >= 4 is 17.3 Å². The zero-order valence-corrected chi connectivity index (χ0v) is 9.93. The number of Topliss-reactive ketones (excluding diaryl/α,β-unsaturated/α-hetero) is 2. The van der Waals surface area contributed by atoms with Crippen LogP contribution in [0.3, 0.4) is 0 Å². The van der Waals surface area contributed by atoms with Gasteiger partial charge in [0.25, 0.3) is 5.69 Å². The Bertz CT molecular complexity index is 550. The van der Waals surface area contributed by atoms with E-state index in [1.807, 2.05) is 0 Å². The van der Waals surface area contributed by atoms with Crippen LogP contribution in [0, 0.1) is 10.1 Å². The maximum absolute atomic E-state index is 11.6. The fourth-order valence-electron chi connectivity index (χ4n) is 2.05. The molecule has 0 spiro atoms. The summed E-state index contributed by atoms with van der Waals surface area (Å²) >= 11 is 0. The summed E-state index contributed by atoms with van der Waals surface area (Å²) in [7, 11) is 0. The van der Waals surface area contributed by atoms with E-state index < -0.39 is 22.1 Å². The van der Waals surface area contributed by atoms with Crippen molar-refractivity contribution in [1.82, 2.24) is 0 Å². The Hall–Kier alpha value is -2.24. The standard InChI is InChI=1S/C12H11NO5/c1-7(14)12(8(2)15)6-9-5-10(13(16)17)3-4-11(9)18-12/h3-5H,6H2,1-2H3. The summed E-state index contributed by atoms with van der Waals surface area (Å²) in [5.41, 5.74) is -1.09. The van der Waals surface area contributed by atoms with Crippen molar-refractivity contribution in [3.8, 4) is 5.75 Å². The van der Waals surface area contributed by atoms with E-state index >= 15 is 0 Å². The molecule has 0 unspecified atom stereocenters. The van der Waals surface area contributed by atoms with Crippen molar-refractivity contribution in [2.24, 2.45) is 0 Å². The van der Waals surface area contributed by atoms with E-state index in [4.69, 9.17) is 4.74 Å². The number of benzene rings is 1. The SMILES string of the molecule is CC(=O)C1(C(C)=O)Cc2cc([N+](=O)[O-])ccc2O1. The third-order valence-electron chi connectivity index (χ3n) is 3.12. The number of nitrogens with zero attached hydrogens (tertiary/aromatic N) is 1. The average molecular weight is 249 g/mol. The van der Waals surface area contributed by atoms with Gasteiger partial charge in [-0.25, -0.2) is 0 Å². The number of nitro groups is 1. The Labute approximate surface area is 103 Å². The summed E-state index contributed by atoms with van der Waals surface area (Å²) in [4.78, 5) is 33.4. The number of fused-ring (bicyclic) bond motifs is 1. The van der Waals surface area contributed by atoms with E-state index in [9.17, 15) is 19.7 Å². The number of carbonyl (C=O) groups excluding carboxylic acids is 2. The lowest BCUT2D eigenvalue weighted by Gasteiger charge is -2.22. The lowest BCUT2D eigenvalue weighted by Crippen LogP contribution is -2.48. The normalized spacial score (nSPS) is 15.7. The Morgan fingerprint density at radius 1 is 1.33 bits per heavy atom. The Morgan fingerprint density at radius 2 is 1.94 bits per heavy atom. The molecule has 1 aromatic carbocycles. The molecule has 0 atom stereocenters. The lowest BCUT2D eigenvalue weighted by atomic mass is 9.89. The zero-order chi connectivity index (χ0) is 13.5. The minimum Gasteiger partial charge on any atom is -0.471 e. The smallest absolute Gasteiger partial charge is 0.269 e. The number of hydrogen-bond acceptors (Lipinski definition) is 5. The van der Waals surface area contributed by atoms with Crippen LogP contribution in [0.1, 0.15) is 19.4 Å². The summed E-state index contributed by atoms with van der Waals surface area (Å²) in [6.07, 6.45) is 0.0503. The molecule has 0 saturated heterocycles. The van der Waals surface area contributed by atoms with Crippen LogP contribution in [-0.4, -0.2) is 22.1 Å². The van der Waals surface area contributed by atoms with Crippen LogP contribution in [-0.2, 0) is 16.0 Å². The van der Waals surface area contributed by atoms with E-state index in [0.717, 1.165) is 0 Å². The second-order valence-electron chi connectivity index (χ2n) is 4.27. The highest BCUT2D eigenvalue weighted by atomic mass is 16.6. The molecule has 1 aliphatic heterocycles. The minimum absolute atomic E-state index is 0.0503. The molecule has 94 valence electrons. The molecule has 1 aliphatic rings. The summed E-state index contributed by atoms with van der Waals surface area (Å²) in [5, 5.41) is 10.7. The van der Waals surface area contributed by atoms with Crippen LogP contribution in [0.5, 0.6) is 5.75 Å². The fourth-order valence-corrected chi connectivity index (χ4v) is 2.05. The molecule has 0 radical (unpaired) electrons. The highest BCUT2D eigenvalue weighted by Crippen LogP contribution is 2.38. The average Bonchev–Trinajstić information content (AvgIpc) is 2.68. The first kappa shape index (κ1) is 12.2. The first-order valence-electron chi connectivity index (χ1n) is 5.35. The van der Waals surface area contributed by atoms with Gasteiger partial charge in [-0.3, -0.25) is 19.7 Å². The molecule has 0 saturated carbocycles. The van der Waals surface area contributed by atoms with E-state index in [0.29, 0.717) is 11.3 Å². The molecule has 0 N–H and O–H groups in total. The van der Waals surface area contributed by atoms with Gasteiger partial charge in [-0.1, -0.05) is 0 Å². The molecule has 0 amide bonds. The van der Waals surface area contributed by atoms with Crippen LogP contribution in [0.2, 0.25) is 0 Å². The van der Waals surface area contributed by atoms with Crippen molar-refractivity contribution in [1.29, 1.82) is 0 Å². The van der Waals surface area contributed by atoms with Gasteiger partial charge in [0.15, 0.2) is 11.6 Å². The Balaban J connectivity index is 2.46. The molecule has 0 bridgehead atoms. The number of non-ortho nitro benzene ring substituents is 1. The molecule has 0 fully saturated rings. The fraction of sp³-hybridized carbons (Fsp3) is 0.333. The summed E-state index contributed by atoms with van der Waals surface area (Å²) in [6.45, 7) is 2.56. The van der Waals surface area contributed by atoms with Gasteiger partial charge < -0.3 is 4.74 Å². The number of rotatable bonds is 3. The number of ketones is 2. The second-order valence-corrected chi connectivity index (χ2v) is 4.27. The van der Waals surface area contributed by atoms with Gasteiger partial charge in [-0.2, -0.15) is 0 Å². The van der Waals surface area contributed by atoms with Crippen molar-refractivity contribution in [3.05, 3.63) is 33.9 Å². The van der Waals surface area contributed by atoms with Crippen molar-refractivity contribution in [3.63, 3.8) is 0 Å². The van der Waals surface area contributed by atoms with Gasteiger partial charge in [-0.15, -0.1) is 0 Å². The number of nitro benzene ring substituents is 1. The predicted octanol–water partition coefficient (Wildman–Crippen LogP) is 1.45. The molecule has 18 heavy (non-hydrogen) atoms. The van der Waals surface area contributed by atoms with Crippen LogP contribution < -0.4 is 4.74 Å². The monoisotopic (exact) mass is 249 g/mol. The molecular formula is C12H11NO5. The predicted molar refractivity (Wildman–Crippen MR) is 61.5 cm³/mol. The highest BCUT2D eigenvalue weighted by Gasteiger charge is 2.48. The molecule has 0 aromatic heterocycles. The largest absolute Gasteiger partial charge is 0.471 e. The van der Waals surface area contributed by atoms with Gasteiger partial charge >= 0.3 is 0 Å². The minimum atomic E-state index is -1.52. The van der Waals surface area contributed by atoms with E-state index in [-0.39, 0.29) is 12.1 Å². The number of hydrogen-bond donors (Lipinski definition) is 0. The first-order chi connectivity index (χ1) is 8.36. The van der Waals surface area contributed by atoms with Crippen molar-refractivity contribution in [2.45, 2.75) is 25.9 Å². The summed E-state index contributed by atoms with van der Waals surface area (Å²) in [5.74, 6) is -0.436. The van der Waals surface area contributed by atoms with Gasteiger partial charge in [-0.05, 0) is 19.9 Å². The molecule has 6 heteroatoms. The maximum Gasteiger partial charge on any atom is 0.269 e. The highest BCUT2D eigenvalue weighted by molar-refractivity contribution is 6.09. The molecule has 1 aromatic rings. The van der Waals surface area contributed by atoms with Gasteiger partial charge in [0.2, 0.25) is 5.60 Å². The first-order valence-corrected chi connectivity index (χ1v) is 5.35. The maximum atomic E-state index is 11.6. The number of carbonyl (C=O) groups is 2. The van der Waals surface area contributed by atoms with Crippen molar-refractivity contribution < 1.29 is 19.2 Å². The van der Waals surface area contributed by atoms with Crippen LogP contribution >= 0.6 is 0 Å². The van der Waals surface area contributed by atoms with E-state index in [1.54, 1.807) is 0 Å². The molecule has 1 heterocycles. The third kappa shape index (κ3) is 1.66. The lowest BCUT2D eigenvalue weighted by molar-refractivity contribution is -0.384. The van der Waals surface area contributed by atoms with E-state index in [1.165, 1.54) is 32.0 Å². The topological polar surface area (TPSA) is 86.5 Å². The van der Waals surface area contributed by atoms with Gasteiger partial charge in [0, 0.05) is 24.1 Å². The van der Waals surface area contributed by atoms with Crippen LogP contribution in [0.4, 0.5) is 5.69 Å². The Morgan fingerprint density at radius 3 is 2.44 bits per heavy atom. The zero-order valence-electron chi connectivity index (χ0n) is 9.93. The quantitative estimate of drug-likeness (QED) is 0.459. The molecule has 6 nitrogen and oxygen atoms in total. The van der Waals surface area contributed by atoms with E-state index in [2.05, 4.69) is 0 Å². The number of ether oxygens (including phenoxy) is 1. The van der Waals surface area contributed by atoms with Gasteiger partial charge in [0.05, 0.1) is 4.92 Å². The van der Waals surface area contributed by atoms with Crippen molar-refractivity contribution in [2.75, 3.05) is 0 Å². The second kappa shape index (κ2) is 3.90.